The third-order valence-electron chi connectivity index (χ3n) is 6.24. The van der Waals surface area contributed by atoms with Gasteiger partial charge < -0.3 is 14.9 Å². The van der Waals surface area contributed by atoms with E-state index in [1.165, 1.54) is 13.0 Å². The molecule has 1 aliphatic carbocycles. The van der Waals surface area contributed by atoms with Crippen LogP contribution < -0.4 is 5.32 Å². The number of hydrogen-bond donors (Lipinski definition) is 2. The van der Waals surface area contributed by atoms with Crippen molar-refractivity contribution >= 4 is 11.5 Å². The van der Waals surface area contributed by atoms with Gasteiger partial charge in [-0.25, -0.2) is 0 Å². The van der Waals surface area contributed by atoms with Crippen LogP contribution in [0.2, 0.25) is 0 Å². The van der Waals surface area contributed by atoms with Gasteiger partial charge in [0.05, 0.1) is 12.0 Å². The lowest BCUT2D eigenvalue weighted by Crippen LogP contribution is -2.39. The van der Waals surface area contributed by atoms with Crippen molar-refractivity contribution in [2.75, 3.05) is 6.54 Å². The molecule has 182 valence electrons. The van der Waals surface area contributed by atoms with Gasteiger partial charge in [0.2, 0.25) is 5.82 Å². The number of aromatic nitrogens is 2. The summed E-state index contributed by atoms with van der Waals surface area (Å²) in [4.78, 5) is 15.1. The van der Waals surface area contributed by atoms with E-state index < -0.39 is 23.5 Å². The largest absolute Gasteiger partial charge is 0.480 e. The van der Waals surface area contributed by atoms with Crippen LogP contribution in [0.15, 0.2) is 77.3 Å². The number of hydrogen-bond acceptors (Lipinski definition) is 5. The normalized spacial score (nSPS) is 20.9. The highest BCUT2D eigenvalue weighted by molar-refractivity contribution is 5.73. The molecule has 0 amide bonds. The van der Waals surface area contributed by atoms with Crippen molar-refractivity contribution in [1.82, 2.24) is 15.5 Å². The van der Waals surface area contributed by atoms with E-state index in [2.05, 4.69) is 15.5 Å². The maximum Gasteiger partial charge on any atom is 0.398 e. The molecule has 4 rings (SSSR count). The fourth-order valence-corrected chi connectivity index (χ4v) is 4.11. The van der Waals surface area contributed by atoms with Crippen LogP contribution in [0, 0.1) is 5.41 Å². The standard InChI is InChI=1S/C26H24F3N3O3/c1-16(30-15-22(33)34)17-8-10-19(11-9-17)23-31-24(35-32-23)20-12-13-21(18-6-4-3-5-7-18)25(2,14-20)26(27,28)29/h3-14,16,21,30H,15H2,1-2H3,(H,33,34). The van der Waals surface area contributed by atoms with Gasteiger partial charge in [0.1, 0.15) is 0 Å². The third kappa shape index (κ3) is 5.05. The Morgan fingerprint density at radius 3 is 2.49 bits per heavy atom. The van der Waals surface area contributed by atoms with Gasteiger partial charge in [0.25, 0.3) is 5.89 Å². The molecule has 1 heterocycles. The molecule has 0 bridgehead atoms. The first-order valence-electron chi connectivity index (χ1n) is 11.0. The maximum atomic E-state index is 14.2. The monoisotopic (exact) mass is 483 g/mol. The Morgan fingerprint density at radius 2 is 1.86 bits per heavy atom. The summed E-state index contributed by atoms with van der Waals surface area (Å²) < 4.78 is 48.0. The van der Waals surface area contributed by atoms with E-state index in [0.717, 1.165) is 11.6 Å². The molecule has 0 saturated heterocycles. The molecule has 0 saturated carbocycles. The first-order chi connectivity index (χ1) is 16.6. The summed E-state index contributed by atoms with van der Waals surface area (Å²) in [5, 5.41) is 15.6. The molecule has 3 atom stereocenters. The topological polar surface area (TPSA) is 88.2 Å². The lowest BCUT2D eigenvalue weighted by molar-refractivity contribution is -0.204. The van der Waals surface area contributed by atoms with Crippen LogP contribution in [0.3, 0.4) is 0 Å². The molecule has 35 heavy (non-hydrogen) atoms. The SMILES string of the molecule is CC(NCC(=O)O)c1ccc(-c2noc(C3=CC(C)(C(F)(F)F)C(c4ccccc4)C=C3)n2)cc1. The van der Waals surface area contributed by atoms with Crippen molar-refractivity contribution in [2.45, 2.75) is 32.0 Å². The van der Waals surface area contributed by atoms with Crippen LogP contribution in [0.5, 0.6) is 0 Å². The molecule has 2 N–H and O–H groups in total. The van der Waals surface area contributed by atoms with Gasteiger partial charge in [0.15, 0.2) is 0 Å². The van der Waals surface area contributed by atoms with E-state index >= 15 is 0 Å². The number of nitrogens with one attached hydrogen (secondary N) is 1. The molecule has 3 aromatic rings. The lowest BCUT2D eigenvalue weighted by Gasteiger charge is -2.38. The van der Waals surface area contributed by atoms with E-state index in [0.29, 0.717) is 11.1 Å². The minimum absolute atomic E-state index is 0.00111. The zero-order valence-corrected chi connectivity index (χ0v) is 19.1. The van der Waals surface area contributed by atoms with Gasteiger partial charge in [0, 0.05) is 23.1 Å². The summed E-state index contributed by atoms with van der Waals surface area (Å²) in [5.74, 6) is -1.60. The zero-order valence-electron chi connectivity index (χ0n) is 19.1. The highest BCUT2D eigenvalue weighted by Crippen LogP contribution is 2.53. The minimum Gasteiger partial charge on any atom is -0.480 e. The highest BCUT2D eigenvalue weighted by Gasteiger charge is 2.55. The molecular weight excluding hydrogens is 459 g/mol. The highest BCUT2D eigenvalue weighted by atomic mass is 19.4. The molecule has 9 heteroatoms. The summed E-state index contributed by atoms with van der Waals surface area (Å²) in [6.07, 6.45) is -0.238. The minimum atomic E-state index is -4.51. The Labute approximate surface area is 200 Å². The van der Waals surface area contributed by atoms with Gasteiger partial charge in [-0.3, -0.25) is 4.79 Å². The Kier molecular flexibility index (Phi) is 6.62. The van der Waals surface area contributed by atoms with Crippen LogP contribution in [0.4, 0.5) is 13.2 Å². The summed E-state index contributed by atoms with van der Waals surface area (Å²) in [5.41, 5.74) is 0.101. The van der Waals surface area contributed by atoms with E-state index in [9.17, 15) is 18.0 Å². The predicted octanol–water partition coefficient (Wildman–Crippen LogP) is 5.78. The van der Waals surface area contributed by atoms with Crippen LogP contribution in [-0.2, 0) is 4.79 Å². The Balaban J connectivity index is 1.58. The Hall–Kier alpha value is -3.72. The first kappa shape index (κ1) is 24.4. The number of allylic oxidation sites excluding steroid dienone is 4. The number of carboxylic acid groups (broad SMARTS) is 1. The summed E-state index contributed by atoms with van der Waals surface area (Å²) in [7, 11) is 0. The number of benzene rings is 2. The molecule has 0 aliphatic heterocycles. The number of nitrogens with zero attached hydrogens (tertiary/aromatic N) is 2. The van der Waals surface area contributed by atoms with Crippen LogP contribution in [0.1, 0.15) is 42.8 Å². The third-order valence-corrected chi connectivity index (χ3v) is 6.24. The Morgan fingerprint density at radius 1 is 1.17 bits per heavy atom. The zero-order chi connectivity index (χ0) is 25.2. The van der Waals surface area contributed by atoms with E-state index in [1.807, 2.05) is 6.92 Å². The van der Waals surface area contributed by atoms with Crippen LogP contribution >= 0.6 is 0 Å². The number of halogens is 3. The van der Waals surface area contributed by atoms with Crippen molar-refractivity contribution < 1.29 is 27.6 Å². The summed E-state index contributed by atoms with van der Waals surface area (Å²) in [6, 6.07) is 15.5. The molecule has 1 aromatic heterocycles. The Bertz CT molecular complexity index is 1250. The van der Waals surface area contributed by atoms with Crippen molar-refractivity contribution in [3.63, 3.8) is 0 Å². The van der Waals surface area contributed by atoms with Crippen molar-refractivity contribution in [1.29, 1.82) is 0 Å². The second-order valence-electron chi connectivity index (χ2n) is 8.67. The molecule has 0 spiro atoms. The molecule has 1 aliphatic rings. The fraction of sp³-hybridized carbons (Fsp3) is 0.269. The summed E-state index contributed by atoms with van der Waals surface area (Å²) >= 11 is 0. The average molecular weight is 483 g/mol. The van der Waals surface area contributed by atoms with Crippen LogP contribution in [0.25, 0.3) is 17.0 Å². The van der Waals surface area contributed by atoms with E-state index in [1.54, 1.807) is 60.7 Å². The maximum absolute atomic E-state index is 14.2. The van der Waals surface area contributed by atoms with E-state index in [4.69, 9.17) is 9.63 Å². The quantitative estimate of drug-likeness (QED) is 0.443. The predicted molar refractivity (Wildman–Crippen MR) is 124 cm³/mol. The van der Waals surface area contributed by atoms with Gasteiger partial charge in [-0.05, 0) is 25.0 Å². The van der Waals surface area contributed by atoms with Crippen LogP contribution in [-0.4, -0.2) is 33.9 Å². The number of alkyl halides is 3. The van der Waals surface area contributed by atoms with Gasteiger partial charge in [-0.2, -0.15) is 18.2 Å². The molecule has 3 unspecified atom stereocenters. The average Bonchev–Trinajstić information content (AvgIpc) is 3.33. The van der Waals surface area contributed by atoms with Gasteiger partial charge >= 0.3 is 12.1 Å². The second kappa shape index (κ2) is 9.50. The lowest BCUT2D eigenvalue weighted by atomic mass is 9.69. The smallest absolute Gasteiger partial charge is 0.398 e. The molecule has 0 fully saturated rings. The van der Waals surface area contributed by atoms with Crippen molar-refractivity contribution in [3.8, 4) is 11.4 Å². The number of aliphatic carboxylic acids is 1. The van der Waals surface area contributed by atoms with Crippen molar-refractivity contribution in [3.05, 3.63) is 89.8 Å². The molecule has 6 nitrogen and oxygen atoms in total. The van der Waals surface area contributed by atoms with Gasteiger partial charge in [-0.1, -0.05) is 78.0 Å². The number of carbonyl (C=O) groups is 1. The van der Waals surface area contributed by atoms with Crippen molar-refractivity contribution in [2.24, 2.45) is 5.41 Å². The molecular formula is C26H24F3N3O3. The number of carboxylic acids is 1. The molecule has 0 radical (unpaired) electrons. The van der Waals surface area contributed by atoms with Gasteiger partial charge in [-0.15, -0.1) is 0 Å². The number of rotatable bonds is 7. The summed E-state index contributed by atoms with van der Waals surface area (Å²) in [6.45, 7) is 2.85. The first-order valence-corrected chi connectivity index (χ1v) is 11.0. The fourth-order valence-electron chi connectivity index (χ4n) is 4.11. The van der Waals surface area contributed by atoms with E-state index in [-0.39, 0.29) is 29.9 Å². The molecule has 2 aromatic carbocycles. The second-order valence-corrected chi connectivity index (χ2v) is 8.67.